The second-order valence-corrected chi connectivity index (χ2v) is 10.0. The molecule has 0 saturated carbocycles. The van der Waals surface area contributed by atoms with Gasteiger partial charge in [-0.25, -0.2) is 15.0 Å². The molecule has 3 aromatic heterocycles. The van der Waals surface area contributed by atoms with E-state index in [0.717, 1.165) is 22.7 Å². The molecular formula is C28H23F3N6O2S. The molecule has 0 radical (unpaired) electrons. The molecule has 0 atom stereocenters. The summed E-state index contributed by atoms with van der Waals surface area (Å²) < 4.78 is 40.7. The molecule has 0 fully saturated rings. The smallest absolute Gasteiger partial charge is 0.354 e. The molecule has 1 amide bonds. The second-order valence-electron chi connectivity index (χ2n) is 9.06. The number of rotatable bonds is 7. The van der Waals surface area contributed by atoms with Crippen molar-refractivity contribution in [2.45, 2.75) is 19.5 Å². The molecule has 5 rings (SSSR count). The molecule has 12 heteroatoms. The average Bonchev–Trinajstić information content (AvgIpc) is 3.45. The third kappa shape index (κ3) is 5.71. The number of alkyl halides is 3. The number of carbonyl (C=O) groups is 1. The molecule has 2 N–H and O–H groups in total. The van der Waals surface area contributed by atoms with Crippen LogP contribution >= 0.6 is 11.3 Å². The number of amides is 1. The van der Waals surface area contributed by atoms with Crippen molar-refractivity contribution in [3.8, 4) is 11.3 Å². The van der Waals surface area contributed by atoms with Gasteiger partial charge in [-0.3, -0.25) is 9.59 Å². The van der Waals surface area contributed by atoms with Crippen LogP contribution in [0, 0.1) is 6.92 Å². The van der Waals surface area contributed by atoms with Crippen LogP contribution in [-0.4, -0.2) is 32.0 Å². The van der Waals surface area contributed by atoms with Gasteiger partial charge in [0.15, 0.2) is 0 Å². The number of hydrogen-bond donors (Lipinski definition) is 2. The fourth-order valence-corrected chi connectivity index (χ4v) is 4.82. The molecule has 0 saturated heterocycles. The number of aryl methyl sites for hydroxylation is 1. The van der Waals surface area contributed by atoms with E-state index in [2.05, 4.69) is 25.6 Å². The topological polar surface area (TPSA) is 102 Å². The van der Waals surface area contributed by atoms with Crippen LogP contribution in [0.15, 0.2) is 71.1 Å². The van der Waals surface area contributed by atoms with E-state index < -0.39 is 17.6 Å². The van der Waals surface area contributed by atoms with E-state index in [0.29, 0.717) is 41.2 Å². The Balaban J connectivity index is 1.41. The van der Waals surface area contributed by atoms with Gasteiger partial charge in [-0.15, -0.1) is 11.3 Å². The van der Waals surface area contributed by atoms with E-state index in [1.54, 1.807) is 55.0 Å². The van der Waals surface area contributed by atoms with Crippen LogP contribution in [0.2, 0.25) is 0 Å². The van der Waals surface area contributed by atoms with Crippen molar-refractivity contribution in [3.05, 3.63) is 98.4 Å². The Kier molecular flexibility index (Phi) is 7.35. The predicted octanol–water partition coefficient (Wildman–Crippen LogP) is 5.69. The van der Waals surface area contributed by atoms with Gasteiger partial charge in [0.1, 0.15) is 5.52 Å². The van der Waals surface area contributed by atoms with E-state index in [9.17, 15) is 22.8 Å². The van der Waals surface area contributed by atoms with Crippen LogP contribution in [-0.2, 0) is 19.6 Å². The highest BCUT2D eigenvalue weighted by Gasteiger charge is 2.31. The highest BCUT2D eigenvalue weighted by molar-refractivity contribution is 7.09. The Labute approximate surface area is 230 Å². The first-order valence-electron chi connectivity index (χ1n) is 12.2. The molecule has 0 spiro atoms. The van der Waals surface area contributed by atoms with Gasteiger partial charge in [0, 0.05) is 60.0 Å². The number of hydrogen-bond acceptors (Lipinski definition) is 7. The Hall–Kier alpha value is -4.58. The summed E-state index contributed by atoms with van der Waals surface area (Å²) in [6.07, 6.45) is -0.532. The number of nitrogens with one attached hydrogen (secondary N) is 2. The maximum atomic E-state index is 13.3. The number of anilines is 2. The number of thiazole rings is 1. The first-order chi connectivity index (χ1) is 19.1. The number of fused-ring (bicyclic) bond motifs is 1. The normalized spacial score (nSPS) is 11.5. The first kappa shape index (κ1) is 27.0. The third-order valence-corrected chi connectivity index (χ3v) is 7.15. The SMILES string of the molecule is Cc1ccc(NC(=O)c2cccc(C(F)(F)F)c2)cc1-c1cc2cnc(NCCc3nccs3)nc2c(=O)n1C. The molecule has 204 valence electrons. The van der Waals surface area contributed by atoms with E-state index >= 15 is 0 Å². The van der Waals surface area contributed by atoms with Crippen molar-refractivity contribution in [2.75, 3.05) is 17.2 Å². The molecule has 40 heavy (non-hydrogen) atoms. The van der Waals surface area contributed by atoms with Gasteiger partial charge in [-0.1, -0.05) is 12.1 Å². The van der Waals surface area contributed by atoms with Gasteiger partial charge in [0.2, 0.25) is 5.95 Å². The Morgan fingerprint density at radius 3 is 2.67 bits per heavy atom. The quantitative estimate of drug-likeness (QED) is 0.264. The van der Waals surface area contributed by atoms with Gasteiger partial charge in [-0.05, 0) is 48.9 Å². The monoisotopic (exact) mass is 564 g/mol. The van der Waals surface area contributed by atoms with Crippen molar-refractivity contribution < 1.29 is 18.0 Å². The molecule has 3 heterocycles. The highest BCUT2D eigenvalue weighted by atomic mass is 32.1. The minimum Gasteiger partial charge on any atom is -0.354 e. The molecule has 0 aliphatic carbocycles. The summed E-state index contributed by atoms with van der Waals surface area (Å²) in [6.45, 7) is 2.42. The lowest BCUT2D eigenvalue weighted by Gasteiger charge is -2.15. The minimum absolute atomic E-state index is 0.122. The third-order valence-electron chi connectivity index (χ3n) is 6.31. The zero-order chi connectivity index (χ0) is 28.4. The van der Waals surface area contributed by atoms with Crippen molar-refractivity contribution in [1.29, 1.82) is 0 Å². The molecular weight excluding hydrogens is 541 g/mol. The molecule has 8 nitrogen and oxygen atoms in total. The molecule has 5 aromatic rings. The summed E-state index contributed by atoms with van der Waals surface area (Å²) >= 11 is 1.56. The van der Waals surface area contributed by atoms with Crippen LogP contribution in [0.4, 0.5) is 24.8 Å². The first-order valence-corrected chi connectivity index (χ1v) is 13.1. The summed E-state index contributed by atoms with van der Waals surface area (Å²) in [5, 5.41) is 9.21. The predicted molar refractivity (Wildman–Crippen MR) is 149 cm³/mol. The molecule has 2 aromatic carbocycles. The lowest BCUT2D eigenvalue weighted by atomic mass is 10.0. The summed E-state index contributed by atoms with van der Waals surface area (Å²) in [4.78, 5) is 39.0. The largest absolute Gasteiger partial charge is 0.416 e. The van der Waals surface area contributed by atoms with Crippen LogP contribution in [0.1, 0.15) is 26.5 Å². The summed E-state index contributed by atoms with van der Waals surface area (Å²) in [7, 11) is 1.63. The fraction of sp³-hybridized carbons (Fsp3) is 0.179. The fourth-order valence-electron chi connectivity index (χ4n) is 4.20. The Morgan fingerprint density at radius 1 is 1.10 bits per heavy atom. The van der Waals surface area contributed by atoms with Crippen LogP contribution < -0.4 is 16.2 Å². The van der Waals surface area contributed by atoms with Crippen LogP contribution in [0.3, 0.4) is 0 Å². The zero-order valence-corrected chi connectivity index (χ0v) is 22.2. The lowest BCUT2D eigenvalue weighted by molar-refractivity contribution is -0.137. The van der Waals surface area contributed by atoms with Crippen molar-refractivity contribution in [3.63, 3.8) is 0 Å². The number of aromatic nitrogens is 4. The Bertz CT molecular complexity index is 1770. The molecule has 0 bridgehead atoms. The number of carbonyl (C=O) groups excluding carboxylic acids is 1. The molecule has 0 aliphatic rings. The van der Waals surface area contributed by atoms with Gasteiger partial charge < -0.3 is 15.2 Å². The standard InChI is InChI=1S/C28H23F3N6O2S/c1-16-6-7-20(35-25(38)17-4-3-5-19(12-17)28(29,30)31)14-21(16)22-13-18-15-34-27(36-24(18)26(39)37(22)2)33-9-8-23-32-10-11-40-23/h3-7,10-15H,8-9H2,1-2H3,(H,35,38)(H,33,34,36). The van der Waals surface area contributed by atoms with E-state index in [1.165, 1.54) is 16.7 Å². The van der Waals surface area contributed by atoms with Gasteiger partial charge in [0.25, 0.3) is 11.5 Å². The minimum atomic E-state index is -4.56. The number of benzene rings is 2. The van der Waals surface area contributed by atoms with Crippen molar-refractivity contribution in [2.24, 2.45) is 7.05 Å². The maximum Gasteiger partial charge on any atom is 0.416 e. The highest BCUT2D eigenvalue weighted by Crippen LogP contribution is 2.31. The lowest BCUT2D eigenvalue weighted by Crippen LogP contribution is -2.21. The zero-order valence-electron chi connectivity index (χ0n) is 21.4. The summed E-state index contributed by atoms with van der Waals surface area (Å²) in [5.41, 5.74) is 1.33. The van der Waals surface area contributed by atoms with Gasteiger partial charge >= 0.3 is 6.18 Å². The van der Waals surface area contributed by atoms with Crippen LogP contribution in [0.25, 0.3) is 22.2 Å². The van der Waals surface area contributed by atoms with Crippen LogP contribution in [0.5, 0.6) is 0 Å². The average molecular weight is 565 g/mol. The maximum absolute atomic E-state index is 13.3. The molecule has 0 aliphatic heterocycles. The second kappa shape index (κ2) is 10.9. The van der Waals surface area contributed by atoms with E-state index in [1.807, 2.05) is 12.3 Å². The van der Waals surface area contributed by atoms with Gasteiger partial charge in [-0.2, -0.15) is 13.2 Å². The Morgan fingerprint density at radius 2 is 1.93 bits per heavy atom. The van der Waals surface area contributed by atoms with Crippen molar-refractivity contribution >= 4 is 39.8 Å². The van der Waals surface area contributed by atoms with Gasteiger partial charge in [0.05, 0.1) is 16.3 Å². The van der Waals surface area contributed by atoms with E-state index in [4.69, 9.17) is 0 Å². The summed E-state index contributed by atoms with van der Waals surface area (Å²) in [6, 6.07) is 11.1. The van der Waals surface area contributed by atoms with E-state index in [-0.39, 0.29) is 16.6 Å². The number of nitrogens with zero attached hydrogens (tertiary/aromatic N) is 4. The number of halogens is 3. The number of pyridine rings is 1. The molecule has 0 unspecified atom stereocenters. The van der Waals surface area contributed by atoms with Crippen molar-refractivity contribution in [1.82, 2.24) is 19.5 Å². The summed E-state index contributed by atoms with van der Waals surface area (Å²) in [5.74, 6) is -0.346.